The van der Waals surface area contributed by atoms with Gasteiger partial charge in [-0.15, -0.1) is 0 Å². The number of aliphatic carboxylic acids is 1. The monoisotopic (exact) mass is 597 g/mol. The van der Waals surface area contributed by atoms with Gasteiger partial charge in [0.15, 0.2) is 0 Å². The number of carbonyl (C=O) groups is 4. The highest BCUT2D eigenvalue weighted by Gasteiger charge is 2.30. The van der Waals surface area contributed by atoms with Crippen LogP contribution < -0.4 is 33.2 Å². The third kappa shape index (κ3) is 10.2. The fraction of sp³-hybridized carbons (Fsp3) is 0.483. The van der Waals surface area contributed by atoms with Crippen molar-refractivity contribution in [2.45, 2.75) is 75.5 Å². The lowest BCUT2D eigenvalue weighted by atomic mass is 10.0. The Hall–Kier alpha value is -4.27. The van der Waals surface area contributed by atoms with E-state index < -0.39 is 47.9 Å². The summed E-state index contributed by atoms with van der Waals surface area (Å²) in [6.45, 7) is 0.815. The van der Waals surface area contributed by atoms with Crippen molar-refractivity contribution in [1.29, 1.82) is 0 Å². The molecular formula is C29H43N9O5. The number of fused-ring (bicyclic) bond motifs is 1. The number of carboxylic acids is 1. The number of nitrogens with two attached hydrogens (primary N) is 3. The van der Waals surface area contributed by atoms with Crippen molar-refractivity contribution in [3.63, 3.8) is 0 Å². The number of H-pyrrole nitrogens is 2. The number of para-hydroxylation sites is 1. The molecule has 234 valence electrons. The van der Waals surface area contributed by atoms with Crippen molar-refractivity contribution >= 4 is 34.6 Å². The van der Waals surface area contributed by atoms with E-state index in [4.69, 9.17) is 17.2 Å². The number of nitrogens with one attached hydrogen (secondary N) is 5. The third-order valence-corrected chi connectivity index (χ3v) is 7.20. The summed E-state index contributed by atoms with van der Waals surface area (Å²) in [5.74, 6) is -2.97. The Kier molecular flexibility index (Phi) is 13.1. The number of carbonyl (C=O) groups excluding carboxylic acids is 3. The average Bonchev–Trinajstić information content (AvgIpc) is 3.65. The van der Waals surface area contributed by atoms with E-state index in [1.165, 1.54) is 12.5 Å². The predicted molar refractivity (Wildman–Crippen MR) is 162 cm³/mol. The summed E-state index contributed by atoms with van der Waals surface area (Å²) in [4.78, 5) is 61.8. The van der Waals surface area contributed by atoms with Crippen LogP contribution in [0.1, 0.15) is 49.8 Å². The molecule has 3 amide bonds. The first-order valence-electron chi connectivity index (χ1n) is 14.5. The Labute approximate surface area is 249 Å². The maximum Gasteiger partial charge on any atom is 0.326 e. The van der Waals surface area contributed by atoms with Gasteiger partial charge in [-0.3, -0.25) is 14.4 Å². The molecule has 3 aromatic rings. The summed E-state index contributed by atoms with van der Waals surface area (Å²) in [6.07, 6.45) is 7.78. The van der Waals surface area contributed by atoms with Crippen LogP contribution in [0.3, 0.4) is 0 Å². The molecule has 14 heteroatoms. The van der Waals surface area contributed by atoms with Crippen molar-refractivity contribution in [2.75, 3.05) is 13.1 Å². The molecular weight excluding hydrogens is 554 g/mol. The van der Waals surface area contributed by atoms with Gasteiger partial charge in [0.25, 0.3) is 0 Å². The lowest BCUT2D eigenvalue weighted by Crippen LogP contribution is -2.57. The average molecular weight is 598 g/mol. The van der Waals surface area contributed by atoms with Gasteiger partial charge in [0.05, 0.1) is 12.4 Å². The number of benzene rings is 1. The molecule has 0 fully saturated rings. The normalized spacial score (nSPS) is 14.0. The van der Waals surface area contributed by atoms with Crippen LogP contribution in [0.25, 0.3) is 10.9 Å². The van der Waals surface area contributed by atoms with Crippen LogP contribution in [0, 0.1) is 0 Å². The van der Waals surface area contributed by atoms with E-state index in [1.807, 2.05) is 30.5 Å². The van der Waals surface area contributed by atoms with Crippen LogP contribution >= 0.6 is 0 Å². The van der Waals surface area contributed by atoms with E-state index in [0.717, 1.165) is 16.5 Å². The molecule has 0 bridgehead atoms. The van der Waals surface area contributed by atoms with Crippen LogP contribution in [0.5, 0.6) is 0 Å². The first-order chi connectivity index (χ1) is 20.7. The SMILES string of the molecule is NCCCCC(NC(=O)C(Cc1cnc[nH]1)NC(=O)C(CCCCN)NC(=O)C(N)Cc1c[nH]c2ccccc12)C(=O)O. The standard InChI is InChI=1S/C29H43N9O5/c30-11-5-3-9-23(36-26(39)21(32)13-18-15-34-22-8-2-1-7-20(18)22)27(40)38-25(14-19-16-33-17-35-19)28(41)37-24(29(42)43)10-4-6-12-31/h1-2,7-8,15-17,21,23-25,34H,3-6,9-14,30-32H2,(H,33,35)(H,36,39)(H,37,41)(H,38,40)(H,42,43). The van der Waals surface area contributed by atoms with Crippen LogP contribution in [-0.4, -0.2) is 81.0 Å². The van der Waals surface area contributed by atoms with Gasteiger partial charge in [-0.1, -0.05) is 18.2 Å². The second kappa shape index (κ2) is 17.0. The molecule has 0 saturated carbocycles. The van der Waals surface area contributed by atoms with Gasteiger partial charge >= 0.3 is 5.97 Å². The minimum Gasteiger partial charge on any atom is -0.480 e. The molecule has 0 radical (unpaired) electrons. The zero-order valence-corrected chi connectivity index (χ0v) is 24.2. The fourth-order valence-electron chi connectivity index (χ4n) is 4.79. The van der Waals surface area contributed by atoms with Gasteiger partial charge in [-0.25, -0.2) is 9.78 Å². The smallest absolute Gasteiger partial charge is 0.326 e. The van der Waals surface area contributed by atoms with Crippen molar-refractivity contribution in [2.24, 2.45) is 17.2 Å². The molecule has 4 atom stereocenters. The molecule has 43 heavy (non-hydrogen) atoms. The first-order valence-corrected chi connectivity index (χ1v) is 14.5. The van der Waals surface area contributed by atoms with E-state index in [9.17, 15) is 24.3 Å². The van der Waals surface area contributed by atoms with Gasteiger partial charge in [0, 0.05) is 35.4 Å². The Morgan fingerprint density at radius 3 is 2.09 bits per heavy atom. The topological polar surface area (TPSA) is 247 Å². The summed E-state index contributed by atoms with van der Waals surface area (Å²) in [5.41, 5.74) is 19.8. The highest BCUT2D eigenvalue weighted by molar-refractivity contribution is 5.94. The van der Waals surface area contributed by atoms with Gasteiger partial charge in [0.1, 0.15) is 18.1 Å². The predicted octanol–water partition coefficient (Wildman–Crippen LogP) is -0.199. The zero-order chi connectivity index (χ0) is 31.2. The van der Waals surface area contributed by atoms with Crippen LogP contribution in [0.15, 0.2) is 43.0 Å². The number of hydrogen-bond donors (Lipinski definition) is 9. The molecule has 0 spiro atoms. The van der Waals surface area contributed by atoms with Gasteiger partial charge in [-0.2, -0.15) is 0 Å². The molecule has 14 nitrogen and oxygen atoms in total. The van der Waals surface area contributed by atoms with Crippen molar-refractivity contribution < 1.29 is 24.3 Å². The molecule has 2 aromatic heterocycles. The van der Waals surface area contributed by atoms with E-state index in [-0.39, 0.29) is 25.7 Å². The van der Waals surface area contributed by atoms with Crippen molar-refractivity contribution in [1.82, 2.24) is 30.9 Å². The maximum absolute atomic E-state index is 13.5. The van der Waals surface area contributed by atoms with Crippen molar-refractivity contribution in [3.8, 4) is 0 Å². The van der Waals surface area contributed by atoms with Crippen LogP contribution in [-0.2, 0) is 32.0 Å². The number of amides is 3. The summed E-state index contributed by atoms with van der Waals surface area (Å²) in [6, 6.07) is 3.45. The van der Waals surface area contributed by atoms with E-state index in [2.05, 4.69) is 30.9 Å². The van der Waals surface area contributed by atoms with Crippen LogP contribution in [0.4, 0.5) is 0 Å². The lowest BCUT2D eigenvalue weighted by Gasteiger charge is -2.25. The second-order valence-corrected chi connectivity index (χ2v) is 10.5. The third-order valence-electron chi connectivity index (χ3n) is 7.20. The molecule has 2 heterocycles. The fourth-order valence-corrected chi connectivity index (χ4v) is 4.79. The number of aromatic amines is 2. The number of imidazole rings is 1. The first kappa shape index (κ1) is 33.2. The van der Waals surface area contributed by atoms with Gasteiger partial charge < -0.3 is 48.2 Å². The number of aromatic nitrogens is 3. The molecule has 3 rings (SSSR count). The Morgan fingerprint density at radius 2 is 1.44 bits per heavy atom. The molecule has 1 aromatic carbocycles. The summed E-state index contributed by atoms with van der Waals surface area (Å²) in [5, 5.41) is 18.6. The largest absolute Gasteiger partial charge is 0.480 e. The van der Waals surface area contributed by atoms with Crippen LogP contribution in [0.2, 0.25) is 0 Å². The minimum absolute atomic E-state index is 0.0241. The van der Waals surface area contributed by atoms with Gasteiger partial charge in [0.2, 0.25) is 17.7 Å². The summed E-state index contributed by atoms with van der Waals surface area (Å²) in [7, 11) is 0. The lowest BCUT2D eigenvalue weighted by molar-refractivity contribution is -0.142. The number of nitrogens with zero attached hydrogens (tertiary/aromatic N) is 1. The molecule has 4 unspecified atom stereocenters. The van der Waals surface area contributed by atoms with E-state index in [0.29, 0.717) is 44.5 Å². The summed E-state index contributed by atoms with van der Waals surface area (Å²) < 4.78 is 0. The number of carboxylic acid groups (broad SMARTS) is 1. The minimum atomic E-state index is -1.19. The highest BCUT2D eigenvalue weighted by atomic mass is 16.4. The molecule has 12 N–H and O–H groups in total. The zero-order valence-electron chi connectivity index (χ0n) is 24.2. The van der Waals surface area contributed by atoms with Crippen molar-refractivity contribution in [3.05, 3.63) is 54.2 Å². The quantitative estimate of drug-likeness (QED) is 0.0829. The summed E-state index contributed by atoms with van der Waals surface area (Å²) >= 11 is 0. The van der Waals surface area contributed by atoms with Gasteiger partial charge in [-0.05, 0) is 69.7 Å². The highest BCUT2D eigenvalue weighted by Crippen LogP contribution is 2.19. The molecule has 0 saturated heterocycles. The molecule has 0 aliphatic carbocycles. The molecule has 0 aliphatic heterocycles. The second-order valence-electron chi connectivity index (χ2n) is 10.5. The number of unbranched alkanes of at least 4 members (excludes halogenated alkanes) is 2. The maximum atomic E-state index is 13.5. The van der Waals surface area contributed by atoms with E-state index >= 15 is 0 Å². The van der Waals surface area contributed by atoms with E-state index in [1.54, 1.807) is 0 Å². The Bertz CT molecular complexity index is 1330. The molecule has 0 aliphatic rings. The number of rotatable bonds is 19. The Morgan fingerprint density at radius 1 is 0.814 bits per heavy atom. The number of hydrogen-bond acceptors (Lipinski definition) is 8. The Balaban J connectivity index is 1.72.